The summed E-state index contributed by atoms with van der Waals surface area (Å²) < 4.78 is 0. The number of carbonyl (C=O) groups excluding carboxylic acids is 2. The van der Waals surface area contributed by atoms with Gasteiger partial charge in [0, 0.05) is 0 Å². The third-order valence-electron chi connectivity index (χ3n) is 2.16. The van der Waals surface area contributed by atoms with Gasteiger partial charge in [0.2, 0.25) is 0 Å². The summed E-state index contributed by atoms with van der Waals surface area (Å²) in [5.41, 5.74) is 0.998. The first kappa shape index (κ1) is 15.3. The molecule has 0 aromatic heterocycles. The zero-order valence-corrected chi connectivity index (χ0v) is 13.2. The van der Waals surface area contributed by atoms with E-state index in [2.05, 4.69) is 42.7 Å². The van der Waals surface area contributed by atoms with Crippen LogP contribution in [0.2, 0.25) is 10.6 Å². The first-order valence-electron chi connectivity index (χ1n) is 5.51. The molecular weight excluding hydrogens is 362 g/mol. The Morgan fingerprint density at radius 3 is 1.78 bits per heavy atom. The van der Waals surface area contributed by atoms with Gasteiger partial charge in [-0.2, -0.15) is 0 Å². The zero-order valence-electron chi connectivity index (χ0n) is 9.77. The molecule has 1 aromatic carbocycles. The van der Waals surface area contributed by atoms with Gasteiger partial charge in [-0.1, -0.05) is 0 Å². The van der Waals surface area contributed by atoms with Crippen molar-refractivity contribution < 1.29 is 9.59 Å². The molecule has 0 aliphatic carbocycles. The average molecular weight is 376 g/mol. The maximum absolute atomic E-state index is 11.7. The molecule has 0 fully saturated rings. The van der Waals surface area contributed by atoms with E-state index in [-0.39, 0.29) is 11.8 Å². The molecule has 0 atom stereocenters. The molecule has 96 valence electrons. The molecule has 2 N–H and O–H groups in total. The number of nitrogens with one attached hydrogen (secondary N) is 2. The predicted octanol–water partition coefficient (Wildman–Crippen LogP) is 0.320. The number of amides is 2. The fourth-order valence-electron chi connectivity index (χ4n) is 1.33. The van der Waals surface area contributed by atoms with E-state index in [1.165, 1.54) is 0 Å². The van der Waals surface area contributed by atoms with Gasteiger partial charge >= 0.3 is 123 Å². The Balaban J connectivity index is 2.72. The molecule has 0 saturated carbocycles. The van der Waals surface area contributed by atoms with Gasteiger partial charge in [-0.15, -0.1) is 0 Å². The van der Waals surface area contributed by atoms with Crippen LogP contribution < -0.4 is 10.6 Å². The van der Waals surface area contributed by atoms with Crippen molar-refractivity contribution in [3.63, 3.8) is 0 Å². The van der Waals surface area contributed by atoms with Crippen molar-refractivity contribution >= 4 is 43.8 Å². The Labute approximate surface area is 123 Å². The summed E-state index contributed by atoms with van der Waals surface area (Å²) in [6.45, 7) is 1.17. The van der Waals surface area contributed by atoms with Crippen molar-refractivity contribution in [2.75, 3.05) is 13.1 Å². The molecule has 0 aliphatic rings. The molecule has 0 aliphatic heterocycles. The van der Waals surface area contributed by atoms with E-state index >= 15 is 0 Å². The predicted molar refractivity (Wildman–Crippen MR) is 72.2 cm³/mol. The number of rotatable bonds is 6. The molecule has 2 radical (unpaired) electrons. The summed E-state index contributed by atoms with van der Waals surface area (Å²) in [5.74, 6) is -0.326. The van der Waals surface area contributed by atoms with Gasteiger partial charge in [-0.25, -0.2) is 0 Å². The number of benzene rings is 1. The second-order valence-corrected chi connectivity index (χ2v) is 5.21. The minimum absolute atomic E-state index is 0.163. The summed E-state index contributed by atoms with van der Waals surface area (Å²) in [6.07, 6.45) is 0. The third kappa shape index (κ3) is 4.83. The summed E-state index contributed by atoms with van der Waals surface area (Å²) in [6, 6.07) is 6.70. The normalized spacial score (nSPS) is 9.89. The Morgan fingerprint density at radius 2 is 1.39 bits per heavy atom. The van der Waals surface area contributed by atoms with Gasteiger partial charge < -0.3 is 0 Å². The molecule has 1 aromatic rings. The van der Waals surface area contributed by atoms with E-state index in [1.807, 2.05) is 0 Å². The van der Waals surface area contributed by atoms with Gasteiger partial charge in [0.05, 0.1) is 0 Å². The molecule has 0 heterocycles. The molecule has 18 heavy (non-hydrogen) atoms. The van der Waals surface area contributed by atoms with Crippen LogP contribution in [0.15, 0.2) is 24.3 Å². The molecule has 0 bridgehead atoms. The Morgan fingerprint density at radius 1 is 0.944 bits per heavy atom. The van der Waals surface area contributed by atoms with Crippen LogP contribution in [0.1, 0.15) is 20.7 Å². The van der Waals surface area contributed by atoms with Crippen LogP contribution in [-0.2, 0) is 0 Å². The monoisotopic (exact) mass is 378 g/mol. The van der Waals surface area contributed by atoms with Crippen LogP contribution in [0.5, 0.6) is 0 Å². The first-order chi connectivity index (χ1) is 8.69. The van der Waals surface area contributed by atoms with Crippen molar-refractivity contribution in [3.8, 4) is 0 Å². The standard InChI is InChI=1S/C12H14N2O2Se2/c15-11(13-4-6-17)9-2-1-3-10(8-9)12(16)14-5-7-18/h1-3,8H,4-7H2,(H,13,15)(H,14,16). The fraction of sp³-hybridized carbons (Fsp3) is 0.333. The van der Waals surface area contributed by atoms with Crippen molar-refractivity contribution in [3.05, 3.63) is 35.4 Å². The van der Waals surface area contributed by atoms with Gasteiger partial charge in [0.25, 0.3) is 0 Å². The van der Waals surface area contributed by atoms with Gasteiger partial charge in [-0.3, -0.25) is 0 Å². The SMILES string of the molecule is O=C(NCC[Se])c1cccc(C(=O)NCC[Se])c1. The molecule has 6 heteroatoms. The van der Waals surface area contributed by atoms with Crippen molar-refractivity contribution in [2.24, 2.45) is 0 Å². The summed E-state index contributed by atoms with van der Waals surface area (Å²) >= 11 is 5.64. The number of carbonyl (C=O) groups is 2. The topological polar surface area (TPSA) is 58.2 Å². The number of hydrogen-bond acceptors (Lipinski definition) is 2. The summed E-state index contributed by atoms with van der Waals surface area (Å²) in [4.78, 5) is 23.5. The van der Waals surface area contributed by atoms with Crippen LogP contribution >= 0.6 is 0 Å². The fourth-order valence-corrected chi connectivity index (χ4v) is 1.76. The molecule has 4 nitrogen and oxygen atoms in total. The van der Waals surface area contributed by atoms with E-state index in [4.69, 9.17) is 0 Å². The van der Waals surface area contributed by atoms with E-state index in [1.54, 1.807) is 24.3 Å². The second kappa shape index (κ2) is 8.33. The van der Waals surface area contributed by atoms with Crippen LogP contribution in [-0.4, -0.2) is 56.9 Å². The maximum atomic E-state index is 11.7. The van der Waals surface area contributed by atoms with Crippen LogP contribution in [0.4, 0.5) is 0 Å². The molecule has 2 amide bonds. The van der Waals surface area contributed by atoms with Crippen molar-refractivity contribution in [1.29, 1.82) is 0 Å². The second-order valence-electron chi connectivity index (χ2n) is 3.50. The van der Waals surface area contributed by atoms with Gasteiger partial charge in [0.15, 0.2) is 0 Å². The zero-order chi connectivity index (χ0) is 13.4. The molecule has 0 spiro atoms. The van der Waals surface area contributed by atoms with Crippen molar-refractivity contribution in [1.82, 2.24) is 10.6 Å². The summed E-state index contributed by atoms with van der Waals surface area (Å²) in [5, 5.41) is 7.03. The Bertz CT molecular complexity index is 389. The third-order valence-corrected chi connectivity index (χ3v) is 3.02. The first-order valence-corrected chi connectivity index (χ1v) is 7.94. The summed E-state index contributed by atoms with van der Waals surface area (Å²) in [7, 11) is 0. The van der Waals surface area contributed by atoms with Crippen molar-refractivity contribution in [2.45, 2.75) is 10.6 Å². The van der Waals surface area contributed by atoms with Crippen LogP contribution in [0.25, 0.3) is 0 Å². The van der Waals surface area contributed by atoms with Gasteiger partial charge in [-0.05, 0) is 0 Å². The average Bonchev–Trinajstić information content (AvgIpc) is 2.42. The van der Waals surface area contributed by atoms with E-state index in [0.717, 1.165) is 10.6 Å². The molecule has 1 rings (SSSR count). The van der Waals surface area contributed by atoms with Crippen LogP contribution in [0.3, 0.4) is 0 Å². The number of hydrogen-bond donors (Lipinski definition) is 2. The van der Waals surface area contributed by atoms with E-state index in [0.29, 0.717) is 24.2 Å². The van der Waals surface area contributed by atoms with Crippen LogP contribution in [0, 0.1) is 0 Å². The quantitative estimate of drug-likeness (QED) is 0.703. The molecule has 0 saturated heterocycles. The van der Waals surface area contributed by atoms with E-state index in [9.17, 15) is 9.59 Å². The van der Waals surface area contributed by atoms with Gasteiger partial charge in [0.1, 0.15) is 0 Å². The minimum atomic E-state index is -0.163. The Hall–Kier alpha value is -0.801. The molecular formula is C12H14N2O2Se2. The molecule has 0 unspecified atom stereocenters. The Kier molecular flexibility index (Phi) is 7.06. The van der Waals surface area contributed by atoms with E-state index < -0.39 is 0 Å².